The molecule has 2 heterocycles. The molecule has 0 bridgehead atoms. The minimum Gasteiger partial charge on any atom is -0.492 e. The van der Waals surface area contributed by atoms with Crippen molar-refractivity contribution in [2.24, 2.45) is 17.6 Å². The Balaban J connectivity index is 1.52. The first kappa shape index (κ1) is 19.2. The van der Waals surface area contributed by atoms with E-state index in [1.54, 1.807) is 0 Å². The molecule has 5 nitrogen and oxygen atoms in total. The van der Waals surface area contributed by atoms with Gasteiger partial charge >= 0.3 is 0 Å². The van der Waals surface area contributed by atoms with Crippen LogP contribution in [0.15, 0.2) is 36.5 Å². The number of rotatable bonds is 8. The first-order valence-electron chi connectivity index (χ1n) is 10.0. The van der Waals surface area contributed by atoms with Crippen LogP contribution in [0.1, 0.15) is 44.7 Å². The van der Waals surface area contributed by atoms with E-state index < -0.39 is 0 Å². The van der Waals surface area contributed by atoms with E-state index >= 15 is 0 Å². The number of nitrogens with two attached hydrogens (primary N) is 1. The summed E-state index contributed by atoms with van der Waals surface area (Å²) in [6.07, 6.45) is 5.31. The van der Waals surface area contributed by atoms with Crippen LogP contribution in [0.2, 0.25) is 5.02 Å². The van der Waals surface area contributed by atoms with E-state index in [0.717, 1.165) is 29.0 Å². The molecule has 3 aromatic rings. The summed E-state index contributed by atoms with van der Waals surface area (Å²) in [5.74, 6) is 2.24. The van der Waals surface area contributed by atoms with Gasteiger partial charge in [-0.05, 0) is 61.9 Å². The third-order valence-electron chi connectivity index (χ3n) is 5.33. The van der Waals surface area contributed by atoms with Gasteiger partial charge in [-0.3, -0.25) is 0 Å². The number of fused-ring (bicyclic) bond motifs is 1. The highest BCUT2D eigenvalue weighted by Gasteiger charge is 2.27. The summed E-state index contributed by atoms with van der Waals surface area (Å²) >= 11 is 6.52. The lowest BCUT2D eigenvalue weighted by molar-refractivity contribution is 0.237. The van der Waals surface area contributed by atoms with Crippen LogP contribution in [0.3, 0.4) is 0 Å². The van der Waals surface area contributed by atoms with Crippen LogP contribution >= 0.6 is 11.6 Å². The molecule has 1 fully saturated rings. The van der Waals surface area contributed by atoms with Gasteiger partial charge in [-0.1, -0.05) is 25.4 Å². The molecule has 1 aliphatic rings. The molecule has 148 valence electrons. The molecule has 2 unspecified atom stereocenters. The molecular formula is C22H27ClN4O. The molecule has 1 aliphatic carbocycles. The molecule has 0 saturated heterocycles. The second-order valence-corrected chi connectivity index (χ2v) is 8.49. The number of halogens is 1. The summed E-state index contributed by atoms with van der Waals surface area (Å²) in [4.78, 5) is 4.45. The first-order valence-corrected chi connectivity index (χ1v) is 10.4. The van der Waals surface area contributed by atoms with Crippen LogP contribution in [0.25, 0.3) is 16.9 Å². The molecule has 2 N–H and O–H groups in total. The molecule has 2 atom stereocenters. The molecule has 6 heteroatoms. The van der Waals surface area contributed by atoms with Gasteiger partial charge in [-0.25, -0.2) is 9.50 Å². The van der Waals surface area contributed by atoms with Gasteiger partial charge in [-0.2, -0.15) is 5.10 Å². The van der Waals surface area contributed by atoms with Crippen LogP contribution in [0.5, 0.6) is 5.75 Å². The Labute approximate surface area is 170 Å². The van der Waals surface area contributed by atoms with Gasteiger partial charge in [0.05, 0.1) is 23.0 Å². The van der Waals surface area contributed by atoms with E-state index in [-0.39, 0.29) is 0 Å². The van der Waals surface area contributed by atoms with Crippen molar-refractivity contribution in [2.75, 3.05) is 13.2 Å². The third-order valence-corrected chi connectivity index (χ3v) is 5.63. The number of hydrogen-bond donors (Lipinski definition) is 1. The minimum atomic E-state index is 0.430. The van der Waals surface area contributed by atoms with Gasteiger partial charge in [0, 0.05) is 23.7 Å². The Hall–Kier alpha value is -2.11. The average molecular weight is 399 g/mol. The molecule has 0 spiro atoms. The lowest BCUT2D eigenvalue weighted by atomic mass is 9.98. The van der Waals surface area contributed by atoms with Crippen molar-refractivity contribution >= 4 is 17.2 Å². The molecular weight excluding hydrogens is 372 g/mol. The third kappa shape index (κ3) is 4.15. The SMILES string of the molecule is CC(CN)CC(C)COc1ccc(-c2ccnc3cc(C4CC4)nn23)cc1Cl. The average Bonchev–Trinajstić information content (AvgIpc) is 3.45. The fourth-order valence-electron chi connectivity index (χ4n) is 3.57. The van der Waals surface area contributed by atoms with E-state index in [0.29, 0.717) is 41.7 Å². The lowest BCUT2D eigenvalue weighted by Gasteiger charge is -2.17. The predicted octanol–water partition coefficient (Wildman–Crippen LogP) is 4.93. The second kappa shape index (κ2) is 8.10. The van der Waals surface area contributed by atoms with E-state index in [1.807, 2.05) is 35.0 Å². The van der Waals surface area contributed by atoms with Gasteiger partial charge in [0.15, 0.2) is 5.65 Å². The first-order chi connectivity index (χ1) is 13.5. The Morgan fingerprint density at radius 2 is 2.04 bits per heavy atom. The van der Waals surface area contributed by atoms with Crippen LogP contribution in [0.4, 0.5) is 0 Å². The Bertz CT molecular complexity index is 966. The van der Waals surface area contributed by atoms with Crippen molar-refractivity contribution < 1.29 is 4.74 Å². The van der Waals surface area contributed by atoms with Crippen molar-refractivity contribution in [3.63, 3.8) is 0 Å². The standard InChI is InChI=1S/C22H27ClN4O/c1-14(12-24)9-15(2)13-28-21-6-5-17(10-18(21)23)20-7-8-25-22-11-19(16-3-4-16)26-27(20)22/h5-8,10-11,14-16H,3-4,9,12-13,24H2,1-2H3. The van der Waals surface area contributed by atoms with Crippen LogP contribution in [0, 0.1) is 11.8 Å². The summed E-state index contributed by atoms with van der Waals surface area (Å²) in [5.41, 5.74) is 9.70. The van der Waals surface area contributed by atoms with Crippen molar-refractivity contribution in [1.29, 1.82) is 0 Å². The van der Waals surface area contributed by atoms with Gasteiger partial charge in [-0.15, -0.1) is 0 Å². The Morgan fingerprint density at radius 1 is 1.21 bits per heavy atom. The summed E-state index contributed by atoms with van der Waals surface area (Å²) in [7, 11) is 0. The highest BCUT2D eigenvalue weighted by Crippen LogP contribution is 2.40. The zero-order valence-corrected chi connectivity index (χ0v) is 17.2. The summed E-state index contributed by atoms with van der Waals surface area (Å²) in [5, 5.41) is 5.38. The van der Waals surface area contributed by atoms with E-state index in [1.165, 1.54) is 12.8 Å². The van der Waals surface area contributed by atoms with Crippen LogP contribution in [-0.4, -0.2) is 27.7 Å². The summed E-state index contributed by atoms with van der Waals surface area (Å²) < 4.78 is 7.87. The maximum atomic E-state index is 6.52. The molecule has 28 heavy (non-hydrogen) atoms. The number of nitrogens with zero attached hydrogens (tertiary/aromatic N) is 3. The zero-order valence-electron chi connectivity index (χ0n) is 16.4. The van der Waals surface area contributed by atoms with Crippen molar-refractivity contribution in [1.82, 2.24) is 14.6 Å². The maximum Gasteiger partial charge on any atom is 0.155 e. The van der Waals surface area contributed by atoms with Crippen molar-refractivity contribution in [3.05, 3.63) is 47.2 Å². The monoisotopic (exact) mass is 398 g/mol. The lowest BCUT2D eigenvalue weighted by Crippen LogP contribution is -2.17. The molecule has 0 radical (unpaired) electrons. The highest BCUT2D eigenvalue weighted by atomic mass is 35.5. The number of hydrogen-bond acceptors (Lipinski definition) is 4. The minimum absolute atomic E-state index is 0.430. The topological polar surface area (TPSA) is 65.4 Å². The van der Waals surface area contributed by atoms with E-state index in [9.17, 15) is 0 Å². The summed E-state index contributed by atoms with van der Waals surface area (Å²) in [6.45, 7) is 5.68. The summed E-state index contributed by atoms with van der Waals surface area (Å²) in [6, 6.07) is 9.97. The Morgan fingerprint density at radius 3 is 2.75 bits per heavy atom. The molecule has 0 aliphatic heterocycles. The number of ether oxygens (including phenoxy) is 1. The zero-order chi connectivity index (χ0) is 19.7. The molecule has 1 aromatic carbocycles. The smallest absolute Gasteiger partial charge is 0.155 e. The number of aromatic nitrogens is 3. The number of benzene rings is 1. The molecule has 1 saturated carbocycles. The highest BCUT2D eigenvalue weighted by molar-refractivity contribution is 6.32. The van der Waals surface area contributed by atoms with Crippen LogP contribution < -0.4 is 10.5 Å². The normalized spacial score (nSPS) is 16.3. The Kier molecular flexibility index (Phi) is 5.56. The molecule has 4 rings (SSSR count). The molecule has 0 amide bonds. The van der Waals surface area contributed by atoms with Gasteiger partial charge in [0.1, 0.15) is 5.75 Å². The van der Waals surface area contributed by atoms with Gasteiger partial charge in [0.2, 0.25) is 0 Å². The largest absolute Gasteiger partial charge is 0.492 e. The quantitative estimate of drug-likeness (QED) is 0.584. The van der Waals surface area contributed by atoms with Gasteiger partial charge in [0.25, 0.3) is 0 Å². The fraction of sp³-hybridized carbons (Fsp3) is 0.455. The van der Waals surface area contributed by atoms with Crippen molar-refractivity contribution in [2.45, 2.75) is 39.0 Å². The van der Waals surface area contributed by atoms with E-state index in [4.69, 9.17) is 27.2 Å². The molecule has 2 aromatic heterocycles. The van der Waals surface area contributed by atoms with E-state index in [2.05, 4.69) is 24.9 Å². The fourth-order valence-corrected chi connectivity index (χ4v) is 3.81. The predicted molar refractivity (Wildman–Crippen MR) is 113 cm³/mol. The van der Waals surface area contributed by atoms with Gasteiger partial charge < -0.3 is 10.5 Å². The second-order valence-electron chi connectivity index (χ2n) is 8.08. The van der Waals surface area contributed by atoms with Crippen LogP contribution in [-0.2, 0) is 0 Å². The maximum absolute atomic E-state index is 6.52. The van der Waals surface area contributed by atoms with Crippen molar-refractivity contribution in [3.8, 4) is 17.0 Å².